The summed E-state index contributed by atoms with van der Waals surface area (Å²) in [4.78, 5) is 4.47. The Hall–Kier alpha value is -1.12. The second-order valence-corrected chi connectivity index (χ2v) is 8.84. The lowest BCUT2D eigenvalue weighted by atomic mass is 9.96. The topological polar surface area (TPSA) is 64.0 Å². The van der Waals surface area contributed by atoms with E-state index in [4.69, 9.17) is 12.2 Å². The zero-order valence-electron chi connectivity index (χ0n) is 12.2. The van der Waals surface area contributed by atoms with Crippen molar-refractivity contribution in [1.82, 2.24) is 8.96 Å². The Morgan fingerprint density at radius 3 is 2.48 bits per heavy atom. The minimum atomic E-state index is -3.47. The number of aromatic nitrogens is 2. The summed E-state index contributed by atoms with van der Waals surface area (Å²) in [7, 11) is -3.47. The molecule has 0 aliphatic rings. The van der Waals surface area contributed by atoms with Crippen LogP contribution in [0.3, 0.4) is 0 Å². The fraction of sp³-hybridized carbons (Fsp3) is 0.385. The molecule has 1 aromatic heterocycles. The zero-order valence-corrected chi connectivity index (χ0v) is 14.7. The molecule has 2 rings (SSSR count). The Morgan fingerprint density at radius 1 is 1.38 bits per heavy atom. The first kappa shape index (κ1) is 16.3. The molecule has 0 unspecified atom stereocenters. The van der Waals surface area contributed by atoms with Gasteiger partial charge in [-0.25, -0.2) is 17.4 Å². The maximum absolute atomic E-state index is 12.2. The molecule has 0 bridgehead atoms. The lowest BCUT2D eigenvalue weighted by molar-refractivity contribution is 0.533. The first-order valence-electron chi connectivity index (χ1n) is 6.23. The molecule has 0 aliphatic heterocycles. The van der Waals surface area contributed by atoms with Crippen LogP contribution in [0.15, 0.2) is 18.2 Å². The first-order chi connectivity index (χ1) is 9.50. The predicted octanol–water partition coefficient (Wildman–Crippen LogP) is 2.77. The smallest absolute Gasteiger partial charge is 0.237 e. The molecule has 0 atom stereocenters. The van der Waals surface area contributed by atoms with E-state index in [0.717, 1.165) is 0 Å². The van der Waals surface area contributed by atoms with E-state index in [0.29, 0.717) is 26.9 Å². The molecule has 8 heteroatoms. The number of rotatable bonds is 2. The third-order valence-corrected chi connectivity index (χ3v) is 4.11. The van der Waals surface area contributed by atoms with Crippen molar-refractivity contribution in [3.63, 3.8) is 0 Å². The highest BCUT2D eigenvalue weighted by molar-refractivity contribution is 8.11. The third-order valence-electron chi connectivity index (χ3n) is 2.87. The molecule has 2 aromatic rings. The van der Waals surface area contributed by atoms with Crippen molar-refractivity contribution in [2.45, 2.75) is 26.2 Å². The van der Waals surface area contributed by atoms with E-state index in [-0.39, 0.29) is 0 Å². The van der Waals surface area contributed by atoms with Crippen LogP contribution in [0.5, 0.6) is 0 Å². The van der Waals surface area contributed by atoms with Crippen LogP contribution in [0, 0.1) is 0 Å². The summed E-state index contributed by atoms with van der Waals surface area (Å²) in [6.07, 6.45) is 1.17. The second-order valence-electron chi connectivity index (χ2n) is 5.85. The molecule has 0 radical (unpaired) electrons. The first-order valence-corrected chi connectivity index (χ1v) is 8.94. The molecular formula is C13H17N3O2S3. The molecule has 0 spiro atoms. The molecule has 0 saturated carbocycles. The van der Waals surface area contributed by atoms with Gasteiger partial charge in [0.25, 0.3) is 0 Å². The molecular weight excluding hydrogens is 326 g/mol. The van der Waals surface area contributed by atoms with Gasteiger partial charge in [-0.2, -0.15) is 0 Å². The zero-order chi connectivity index (χ0) is 16.0. The Kier molecular flexibility index (Phi) is 4.07. The Balaban J connectivity index is 2.81. The highest BCUT2D eigenvalue weighted by Gasteiger charge is 2.27. The van der Waals surface area contributed by atoms with Gasteiger partial charge in [-0.3, -0.25) is 0 Å². The fourth-order valence-electron chi connectivity index (χ4n) is 2.06. The molecule has 1 aromatic carbocycles. The minimum absolute atomic E-state index is 0.316. The lowest BCUT2D eigenvalue weighted by Gasteiger charge is -2.18. The van der Waals surface area contributed by atoms with Crippen LogP contribution in [0.4, 0.5) is 5.69 Å². The third kappa shape index (κ3) is 3.38. The van der Waals surface area contributed by atoms with Gasteiger partial charge < -0.3 is 5.32 Å². The average molecular weight is 343 g/mol. The van der Waals surface area contributed by atoms with Crippen molar-refractivity contribution in [2.24, 2.45) is 0 Å². The van der Waals surface area contributed by atoms with Crippen molar-refractivity contribution in [3.05, 3.63) is 24.0 Å². The van der Waals surface area contributed by atoms with E-state index in [9.17, 15) is 8.42 Å². The Labute approximate surface area is 135 Å². The van der Waals surface area contributed by atoms with Crippen LogP contribution in [0.2, 0.25) is 0 Å². The van der Waals surface area contributed by atoms with Gasteiger partial charge in [0.15, 0.2) is 0 Å². The van der Waals surface area contributed by atoms with E-state index < -0.39 is 15.4 Å². The summed E-state index contributed by atoms with van der Waals surface area (Å²) in [6.45, 7) is 5.79. The van der Waals surface area contributed by atoms with E-state index >= 15 is 0 Å². The molecule has 5 nitrogen and oxygen atoms in total. The van der Waals surface area contributed by atoms with Crippen molar-refractivity contribution < 1.29 is 8.42 Å². The van der Waals surface area contributed by atoms with E-state index in [1.54, 1.807) is 18.2 Å². The molecule has 114 valence electrons. The maximum Gasteiger partial charge on any atom is 0.237 e. The normalized spacial score (nSPS) is 12.6. The van der Waals surface area contributed by atoms with Crippen molar-refractivity contribution >= 4 is 55.9 Å². The van der Waals surface area contributed by atoms with Crippen LogP contribution in [-0.4, -0.2) is 28.0 Å². The van der Waals surface area contributed by atoms with Crippen molar-refractivity contribution in [1.29, 1.82) is 0 Å². The quantitative estimate of drug-likeness (QED) is 0.648. The number of thiol groups is 1. The summed E-state index contributed by atoms with van der Waals surface area (Å²) in [5.41, 5.74) is 1.43. The lowest BCUT2D eigenvalue weighted by Crippen LogP contribution is -2.23. The van der Waals surface area contributed by atoms with Crippen LogP contribution in [0.1, 0.15) is 26.6 Å². The van der Waals surface area contributed by atoms with E-state index in [1.165, 1.54) is 10.2 Å². The second kappa shape index (κ2) is 5.26. The summed E-state index contributed by atoms with van der Waals surface area (Å²) in [6, 6.07) is 5.26. The molecule has 0 fully saturated rings. The molecule has 1 N–H and O–H groups in total. The largest absolute Gasteiger partial charge is 0.341 e. The SMILES string of the molecule is CC(C)(C)c1nc2ccc(NC(=S)S)cc2n1S(C)(=O)=O. The van der Waals surface area contributed by atoms with Crippen LogP contribution in [-0.2, 0) is 15.4 Å². The van der Waals surface area contributed by atoms with E-state index in [1.807, 2.05) is 20.8 Å². The summed E-state index contributed by atoms with van der Waals surface area (Å²) in [5, 5.41) is 2.88. The number of thiocarbonyl (C=S) groups is 1. The molecule has 0 saturated heterocycles. The predicted molar refractivity (Wildman–Crippen MR) is 93.9 cm³/mol. The van der Waals surface area contributed by atoms with Gasteiger partial charge in [-0.05, 0) is 18.2 Å². The molecule has 0 amide bonds. The summed E-state index contributed by atoms with van der Waals surface area (Å²) < 4.78 is 25.9. The number of nitrogens with zero attached hydrogens (tertiary/aromatic N) is 2. The van der Waals surface area contributed by atoms with Gasteiger partial charge in [0.05, 0.1) is 17.3 Å². The van der Waals surface area contributed by atoms with Crippen LogP contribution in [0.25, 0.3) is 11.0 Å². The van der Waals surface area contributed by atoms with Gasteiger partial charge in [0.1, 0.15) is 10.1 Å². The number of benzene rings is 1. The van der Waals surface area contributed by atoms with Crippen LogP contribution >= 0.6 is 24.8 Å². The number of anilines is 1. The summed E-state index contributed by atoms with van der Waals surface area (Å²) in [5.74, 6) is 0.505. The number of nitrogens with one attached hydrogen (secondary N) is 1. The molecule has 1 heterocycles. The number of hydrogen-bond acceptors (Lipinski definition) is 4. The molecule has 21 heavy (non-hydrogen) atoms. The number of imidazole rings is 1. The van der Waals surface area contributed by atoms with Gasteiger partial charge in [0.2, 0.25) is 10.0 Å². The highest BCUT2D eigenvalue weighted by atomic mass is 32.2. The number of hydrogen-bond donors (Lipinski definition) is 2. The van der Waals surface area contributed by atoms with Crippen LogP contribution < -0.4 is 5.32 Å². The van der Waals surface area contributed by atoms with E-state index in [2.05, 4.69) is 22.9 Å². The average Bonchev–Trinajstić information content (AvgIpc) is 2.65. The summed E-state index contributed by atoms with van der Waals surface area (Å²) >= 11 is 8.90. The highest BCUT2D eigenvalue weighted by Crippen LogP contribution is 2.29. The van der Waals surface area contributed by atoms with Gasteiger partial charge in [0, 0.05) is 11.1 Å². The van der Waals surface area contributed by atoms with Gasteiger partial charge in [-0.1, -0.05) is 33.0 Å². The Bertz CT molecular complexity index is 817. The van der Waals surface area contributed by atoms with Gasteiger partial charge in [-0.15, -0.1) is 12.6 Å². The van der Waals surface area contributed by atoms with Gasteiger partial charge >= 0.3 is 0 Å². The fourth-order valence-corrected chi connectivity index (χ4v) is 3.44. The standard InChI is InChI=1S/C13H17N3O2S3/c1-13(2,3)11-15-9-6-5-8(14-12(19)20)7-10(9)16(11)21(4,17)18/h5-7H,1-4H3,(H2,14,19,20). The van der Waals surface area contributed by atoms with Crippen molar-refractivity contribution in [2.75, 3.05) is 11.6 Å². The number of fused-ring (bicyclic) bond motifs is 1. The minimum Gasteiger partial charge on any atom is -0.341 e. The Morgan fingerprint density at radius 2 is 2.00 bits per heavy atom. The maximum atomic E-state index is 12.2. The monoisotopic (exact) mass is 343 g/mol. The van der Waals surface area contributed by atoms with Crippen molar-refractivity contribution in [3.8, 4) is 0 Å². The molecule has 0 aliphatic carbocycles.